The number of hydrogen-bond donors (Lipinski definition) is 3. The number of hydrogen-bond acceptors (Lipinski definition) is 3. The predicted molar refractivity (Wildman–Crippen MR) is 80.5 cm³/mol. The SMILES string of the molecule is O=C(N[C@H](Cc1c[nH]c2cc(F)ccc12)C(=O)O)[C@@H]1CCCO1. The molecule has 0 bridgehead atoms. The molecule has 122 valence electrons. The summed E-state index contributed by atoms with van der Waals surface area (Å²) in [7, 11) is 0. The molecule has 1 saturated heterocycles. The van der Waals surface area contributed by atoms with Crippen molar-refractivity contribution in [1.82, 2.24) is 10.3 Å². The predicted octanol–water partition coefficient (Wildman–Crippen LogP) is 1.60. The monoisotopic (exact) mass is 320 g/mol. The number of ether oxygens (including phenoxy) is 1. The average Bonchev–Trinajstić information content (AvgIpc) is 3.16. The van der Waals surface area contributed by atoms with Gasteiger partial charge in [0.2, 0.25) is 5.91 Å². The zero-order valence-corrected chi connectivity index (χ0v) is 12.3. The molecular formula is C16H17FN2O4. The molecule has 0 spiro atoms. The Morgan fingerprint density at radius 1 is 1.48 bits per heavy atom. The fourth-order valence-electron chi connectivity index (χ4n) is 2.80. The number of amides is 1. The summed E-state index contributed by atoms with van der Waals surface area (Å²) in [5, 5.41) is 12.6. The molecule has 1 aromatic heterocycles. The van der Waals surface area contributed by atoms with E-state index in [0.29, 0.717) is 24.1 Å². The second kappa shape index (κ2) is 6.37. The van der Waals surface area contributed by atoms with Gasteiger partial charge in [-0.2, -0.15) is 0 Å². The van der Waals surface area contributed by atoms with Crippen molar-refractivity contribution < 1.29 is 23.8 Å². The Balaban J connectivity index is 1.75. The molecule has 2 atom stereocenters. The summed E-state index contributed by atoms with van der Waals surface area (Å²) in [5.41, 5.74) is 1.30. The Bertz CT molecular complexity index is 737. The quantitative estimate of drug-likeness (QED) is 0.780. The van der Waals surface area contributed by atoms with Crippen molar-refractivity contribution in [2.24, 2.45) is 0 Å². The van der Waals surface area contributed by atoms with Crippen LogP contribution in [0, 0.1) is 5.82 Å². The second-order valence-electron chi connectivity index (χ2n) is 5.61. The van der Waals surface area contributed by atoms with Crippen LogP contribution in [0.25, 0.3) is 10.9 Å². The molecular weight excluding hydrogens is 303 g/mol. The first-order valence-electron chi connectivity index (χ1n) is 7.45. The number of H-pyrrole nitrogens is 1. The van der Waals surface area contributed by atoms with E-state index in [9.17, 15) is 19.1 Å². The number of aliphatic carboxylic acids is 1. The maximum atomic E-state index is 13.2. The van der Waals surface area contributed by atoms with E-state index in [4.69, 9.17) is 4.74 Å². The molecule has 1 amide bonds. The molecule has 0 aliphatic carbocycles. The Labute approximate surface area is 131 Å². The zero-order chi connectivity index (χ0) is 16.4. The molecule has 6 nitrogen and oxygen atoms in total. The number of aromatic amines is 1. The third-order valence-electron chi connectivity index (χ3n) is 3.99. The lowest BCUT2D eigenvalue weighted by Gasteiger charge is -2.17. The van der Waals surface area contributed by atoms with Gasteiger partial charge < -0.3 is 20.1 Å². The normalized spacial score (nSPS) is 18.9. The molecule has 0 unspecified atom stereocenters. The van der Waals surface area contributed by atoms with E-state index in [1.807, 2.05) is 0 Å². The van der Waals surface area contributed by atoms with Gasteiger partial charge in [0.25, 0.3) is 0 Å². The summed E-state index contributed by atoms with van der Waals surface area (Å²) in [6.07, 6.45) is 2.57. The first kappa shape index (κ1) is 15.5. The van der Waals surface area contributed by atoms with Gasteiger partial charge in [0.15, 0.2) is 0 Å². The number of fused-ring (bicyclic) bond motifs is 1. The highest BCUT2D eigenvalue weighted by Crippen LogP contribution is 2.21. The fourth-order valence-corrected chi connectivity index (χ4v) is 2.80. The molecule has 3 N–H and O–H groups in total. The van der Waals surface area contributed by atoms with Crippen LogP contribution in [0.5, 0.6) is 0 Å². The van der Waals surface area contributed by atoms with Crippen LogP contribution in [-0.2, 0) is 20.7 Å². The molecule has 1 aromatic carbocycles. The van der Waals surface area contributed by atoms with Gasteiger partial charge >= 0.3 is 5.97 Å². The summed E-state index contributed by atoms with van der Waals surface area (Å²) >= 11 is 0. The van der Waals surface area contributed by atoms with Crippen molar-refractivity contribution in [3.63, 3.8) is 0 Å². The fraction of sp³-hybridized carbons (Fsp3) is 0.375. The highest BCUT2D eigenvalue weighted by Gasteiger charge is 2.28. The van der Waals surface area contributed by atoms with Gasteiger partial charge in [-0.05, 0) is 36.6 Å². The van der Waals surface area contributed by atoms with Gasteiger partial charge in [-0.25, -0.2) is 9.18 Å². The summed E-state index contributed by atoms with van der Waals surface area (Å²) in [6.45, 7) is 0.518. The maximum Gasteiger partial charge on any atom is 0.326 e. The van der Waals surface area contributed by atoms with Crippen molar-refractivity contribution in [2.45, 2.75) is 31.4 Å². The topological polar surface area (TPSA) is 91.4 Å². The van der Waals surface area contributed by atoms with Crippen molar-refractivity contribution >= 4 is 22.8 Å². The minimum Gasteiger partial charge on any atom is -0.480 e. The van der Waals surface area contributed by atoms with Gasteiger partial charge in [-0.15, -0.1) is 0 Å². The van der Waals surface area contributed by atoms with Gasteiger partial charge in [-0.1, -0.05) is 0 Å². The summed E-state index contributed by atoms with van der Waals surface area (Å²) in [6, 6.07) is 3.20. The highest BCUT2D eigenvalue weighted by molar-refractivity contribution is 5.88. The Kier molecular flexibility index (Phi) is 4.29. The van der Waals surface area contributed by atoms with Gasteiger partial charge in [0, 0.05) is 30.1 Å². The minimum atomic E-state index is -1.12. The number of aromatic nitrogens is 1. The largest absolute Gasteiger partial charge is 0.480 e. The van der Waals surface area contributed by atoms with Gasteiger partial charge in [-0.3, -0.25) is 4.79 Å². The minimum absolute atomic E-state index is 0.111. The standard InChI is InChI=1S/C16H17FN2O4/c17-10-3-4-11-9(8-18-12(11)7-10)6-13(16(21)22)19-15(20)14-2-1-5-23-14/h3-4,7-8,13-14,18H,1-2,5-6H2,(H,19,20)(H,21,22)/t13-,14+/m1/s1. The first-order valence-corrected chi connectivity index (χ1v) is 7.45. The Morgan fingerprint density at radius 2 is 2.30 bits per heavy atom. The van der Waals surface area contributed by atoms with E-state index in [0.717, 1.165) is 11.8 Å². The number of carbonyl (C=O) groups is 2. The zero-order valence-electron chi connectivity index (χ0n) is 12.3. The van der Waals surface area contributed by atoms with Crippen LogP contribution < -0.4 is 5.32 Å². The van der Waals surface area contributed by atoms with Crippen molar-refractivity contribution in [2.75, 3.05) is 6.61 Å². The van der Waals surface area contributed by atoms with E-state index in [-0.39, 0.29) is 12.2 Å². The lowest BCUT2D eigenvalue weighted by atomic mass is 10.0. The third kappa shape index (κ3) is 3.34. The van der Waals surface area contributed by atoms with Crippen LogP contribution >= 0.6 is 0 Å². The van der Waals surface area contributed by atoms with E-state index in [1.165, 1.54) is 12.1 Å². The summed E-state index contributed by atoms with van der Waals surface area (Å²) in [4.78, 5) is 26.4. The first-order chi connectivity index (χ1) is 11.0. The molecule has 3 rings (SSSR count). The van der Waals surface area contributed by atoms with E-state index < -0.39 is 24.0 Å². The smallest absolute Gasteiger partial charge is 0.326 e. The van der Waals surface area contributed by atoms with Gasteiger partial charge in [0.05, 0.1) is 0 Å². The molecule has 23 heavy (non-hydrogen) atoms. The molecule has 1 aliphatic rings. The van der Waals surface area contributed by atoms with Crippen LogP contribution in [-0.4, -0.2) is 40.7 Å². The molecule has 0 radical (unpaired) electrons. The lowest BCUT2D eigenvalue weighted by molar-refractivity contribution is -0.143. The van der Waals surface area contributed by atoms with Gasteiger partial charge in [0.1, 0.15) is 18.0 Å². The Morgan fingerprint density at radius 3 is 3.00 bits per heavy atom. The Hall–Kier alpha value is -2.41. The molecule has 1 fully saturated rings. The summed E-state index contributed by atoms with van der Waals surface area (Å²) in [5.74, 6) is -1.89. The summed E-state index contributed by atoms with van der Waals surface area (Å²) < 4.78 is 18.5. The number of rotatable bonds is 5. The van der Waals surface area contributed by atoms with Crippen molar-refractivity contribution in [3.05, 3.63) is 35.8 Å². The van der Waals surface area contributed by atoms with Crippen molar-refractivity contribution in [3.8, 4) is 0 Å². The lowest BCUT2D eigenvalue weighted by Crippen LogP contribution is -2.46. The van der Waals surface area contributed by atoms with E-state index >= 15 is 0 Å². The molecule has 0 saturated carbocycles. The molecule has 2 heterocycles. The maximum absolute atomic E-state index is 13.2. The molecule has 2 aromatic rings. The number of benzene rings is 1. The number of carbonyl (C=O) groups excluding carboxylic acids is 1. The third-order valence-corrected chi connectivity index (χ3v) is 3.99. The van der Waals surface area contributed by atoms with Crippen LogP contribution in [0.15, 0.2) is 24.4 Å². The average molecular weight is 320 g/mol. The van der Waals surface area contributed by atoms with Crippen LogP contribution in [0.1, 0.15) is 18.4 Å². The highest BCUT2D eigenvalue weighted by atomic mass is 19.1. The number of carboxylic acid groups (broad SMARTS) is 1. The molecule has 1 aliphatic heterocycles. The molecule has 7 heteroatoms. The number of nitrogens with one attached hydrogen (secondary N) is 2. The van der Waals surface area contributed by atoms with E-state index in [1.54, 1.807) is 12.3 Å². The number of halogens is 1. The van der Waals surface area contributed by atoms with Crippen LogP contribution in [0.2, 0.25) is 0 Å². The number of carboxylic acids is 1. The van der Waals surface area contributed by atoms with Crippen molar-refractivity contribution in [1.29, 1.82) is 0 Å². The second-order valence-corrected chi connectivity index (χ2v) is 5.61. The van der Waals surface area contributed by atoms with Crippen LogP contribution in [0.3, 0.4) is 0 Å². The van der Waals surface area contributed by atoms with Crippen LogP contribution in [0.4, 0.5) is 4.39 Å². The van der Waals surface area contributed by atoms with E-state index in [2.05, 4.69) is 10.3 Å².